The fourth-order valence-electron chi connectivity index (χ4n) is 2.68. The lowest BCUT2D eigenvalue weighted by molar-refractivity contribution is 0.507. The number of halogens is 2. The van der Waals surface area contributed by atoms with Crippen LogP contribution in [0.25, 0.3) is 16.7 Å². The smallest absolute Gasteiger partial charge is 0.340 e. The quantitative estimate of drug-likeness (QED) is 0.442. The van der Waals surface area contributed by atoms with Gasteiger partial charge in [0.05, 0.1) is 17.3 Å². The van der Waals surface area contributed by atoms with Gasteiger partial charge in [0, 0.05) is 19.0 Å². The molecule has 3 heterocycles. The van der Waals surface area contributed by atoms with E-state index in [2.05, 4.69) is 35.6 Å². The second-order valence-corrected chi connectivity index (χ2v) is 5.77. The molecule has 27 heavy (non-hydrogen) atoms. The molecule has 0 bridgehead atoms. The van der Waals surface area contributed by atoms with Gasteiger partial charge in [-0.15, -0.1) is 0 Å². The van der Waals surface area contributed by atoms with Crippen LogP contribution in [0.15, 0.2) is 35.5 Å². The Bertz CT molecular complexity index is 1150. The van der Waals surface area contributed by atoms with E-state index in [1.54, 1.807) is 6.20 Å². The van der Waals surface area contributed by atoms with E-state index in [1.165, 1.54) is 17.1 Å². The fourth-order valence-corrected chi connectivity index (χ4v) is 2.68. The predicted octanol–water partition coefficient (Wildman–Crippen LogP) is 1.55. The molecule has 1 aromatic carbocycles. The molecule has 0 radical (unpaired) electrons. The Kier molecular flexibility index (Phi) is 4.32. The first-order chi connectivity index (χ1) is 13.1. The maximum atomic E-state index is 13.5. The van der Waals surface area contributed by atoms with Gasteiger partial charge in [0.15, 0.2) is 17.3 Å². The van der Waals surface area contributed by atoms with E-state index in [4.69, 9.17) is 0 Å². The molecule has 3 N–H and O–H groups in total. The Morgan fingerprint density at radius 3 is 2.85 bits per heavy atom. The van der Waals surface area contributed by atoms with Crippen molar-refractivity contribution in [3.63, 3.8) is 0 Å². The minimum atomic E-state index is -0.958. The van der Waals surface area contributed by atoms with E-state index in [1.807, 2.05) is 0 Å². The molecule has 0 amide bonds. The monoisotopic (exact) mass is 372 g/mol. The summed E-state index contributed by atoms with van der Waals surface area (Å²) < 4.78 is 28.1. The molecule has 0 saturated heterocycles. The summed E-state index contributed by atoms with van der Waals surface area (Å²) in [5, 5.41) is 14.2. The van der Waals surface area contributed by atoms with Gasteiger partial charge in [-0.25, -0.2) is 33.3 Å². The summed E-state index contributed by atoms with van der Waals surface area (Å²) in [6.07, 6.45) is 4.23. The first-order valence-electron chi connectivity index (χ1n) is 8.13. The van der Waals surface area contributed by atoms with Crippen molar-refractivity contribution in [3.8, 4) is 5.69 Å². The van der Waals surface area contributed by atoms with Crippen LogP contribution >= 0.6 is 0 Å². The van der Waals surface area contributed by atoms with Crippen LogP contribution in [0.3, 0.4) is 0 Å². The lowest BCUT2D eigenvalue weighted by Crippen LogP contribution is -2.07. The zero-order chi connectivity index (χ0) is 18.8. The van der Waals surface area contributed by atoms with Crippen LogP contribution in [0.5, 0.6) is 0 Å². The number of benzene rings is 1. The van der Waals surface area contributed by atoms with Gasteiger partial charge in [-0.1, -0.05) is 0 Å². The molecular formula is C16H14F2N8O. The SMILES string of the molecule is O=c1[nH]nc(CCCNc2ncnc3c2cnn3-c2ccc(F)c(F)c2)[nH]1. The highest BCUT2D eigenvalue weighted by Gasteiger charge is 2.12. The number of fused-ring (bicyclic) bond motifs is 1. The van der Waals surface area contributed by atoms with Crippen molar-refractivity contribution in [3.05, 3.63) is 58.7 Å². The number of aromatic nitrogens is 7. The van der Waals surface area contributed by atoms with Crippen LogP contribution in [0.2, 0.25) is 0 Å². The van der Waals surface area contributed by atoms with Gasteiger partial charge in [-0.2, -0.15) is 10.2 Å². The summed E-state index contributed by atoms with van der Waals surface area (Å²) >= 11 is 0. The fraction of sp³-hybridized carbons (Fsp3) is 0.188. The molecule has 3 aromatic heterocycles. The minimum absolute atomic E-state index is 0.333. The molecule has 4 rings (SSSR count). The van der Waals surface area contributed by atoms with Gasteiger partial charge < -0.3 is 5.32 Å². The highest BCUT2D eigenvalue weighted by Crippen LogP contribution is 2.22. The number of hydrogen-bond donors (Lipinski definition) is 3. The van der Waals surface area contributed by atoms with E-state index in [-0.39, 0.29) is 5.69 Å². The second kappa shape index (κ2) is 6.94. The lowest BCUT2D eigenvalue weighted by Gasteiger charge is -2.06. The van der Waals surface area contributed by atoms with Crippen molar-refractivity contribution >= 4 is 16.9 Å². The van der Waals surface area contributed by atoms with Crippen LogP contribution in [-0.4, -0.2) is 41.5 Å². The number of hydrogen-bond acceptors (Lipinski definition) is 6. The Morgan fingerprint density at radius 1 is 1.19 bits per heavy atom. The van der Waals surface area contributed by atoms with Crippen LogP contribution in [-0.2, 0) is 6.42 Å². The maximum absolute atomic E-state index is 13.5. The number of aryl methyl sites for hydroxylation is 1. The number of anilines is 1. The van der Waals surface area contributed by atoms with Gasteiger partial charge in [0.2, 0.25) is 0 Å². The van der Waals surface area contributed by atoms with Gasteiger partial charge >= 0.3 is 5.69 Å². The summed E-state index contributed by atoms with van der Waals surface area (Å²) in [5.41, 5.74) is 0.492. The van der Waals surface area contributed by atoms with Crippen molar-refractivity contribution in [1.29, 1.82) is 0 Å². The molecule has 0 spiro atoms. The summed E-state index contributed by atoms with van der Waals surface area (Å²) in [6, 6.07) is 3.52. The van der Waals surface area contributed by atoms with Gasteiger partial charge in [0.25, 0.3) is 0 Å². The molecule has 0 aliphatic carbocycles. The molecule has 0 aliphatic rings. The zero-order valence-electron chi connectivity index (χ0n) is 13.9. The van der Waals surface area contributed by atoms with E-state index in [0.29, 0.717) is 47.7 Å². The largest absolute Gasteiger partial charge is 0.369 e. The third-order valence-corrected chi connectivity index (χ3v) is 3.95. The van der Waals surface area contributed by atoms with Crippen molar-refractivity contribution < 1.29 is 8.78 Å². The third-order valence-electron chi connectivity index (χ3n) is 3.95. The van der Waals surface area contributed by atoms with Crippen LogP contribution in [0.4, 0.5) is 14.6 Å². The van der Waals surface area contributed by atoms with E-state index in [0.717, 1.165) is 12.1 Å². The highest BCUT2D eigenvalue weighted by molar-refractivity contribution is 5.87. The van der Waals surface area contributed by atoms with E-state index in [9.17, 15) is 13.6 Å². The first-order valence-corrected chi connectivity index (χ1v) is 8.13. The Labute approximate surface area is 150 Å². The van der Waals surface area contributed by atoms with Gasteiger partial charge in [-0.05, 0) is 18.6 Å². The number of aromatic amines is 2. The molecule has 9 nitrogen and oxygen atoms in total. The second-order valence-electron chi connectivity index (χ2n) is 5.77. The Morgan fingerprint density at radius 2 is 2.07 bits per heavy atom. The molecule has 4 aromatic rings. The van der Waals surface area contributed by atoms with Crippen LogP contribution in [0.1, 0.15) is 12.2 Å². The maximum Gasteiger partial charge on any atom is 0.340 e. The number of nitrogens with zero attached hydrogens (tertiary/aromatic N) is 5. The molecule has 0 saturated carbocycles. The number of H-pyrrole nitrogens is 2. The molecule has 0 fully saturated rings. The molecule has 0 unspecified atom stereocenters. The average Bonchev–Trinajstić information content (AvgIpc) is 3.28. The van der Waals surface area contributed by atoms with Gasteiger partial charge in [-0.3, -0.25) is 4.98 Å². The minimum Gasteiger partial charge on any atom is -0.369 e. The van der Waals surface area contributed by atoms with Crippen molar-refractivity contribution in [1.82, 2.24) is 34.9 Å². The molecule has 0 atom stereocenters. The summed E-state index contributed by atoms with van der Waals surface area (Å²) in [5.74, 6) is -0.726. The van der Waals surface area contributed by atoms with Gasteiger partial charge in [0.1, 0.15) is 18.0 Å². The zero-order valence-corrected chi connectivity index (χ0v) is 13.9. The Balaban J connectivity index is 1.51. The summed E-state index contributed by atoms with van der Waals surface area (Å²) in [4.78, 5) is 22.0. The summed E-state index contributed by atoms with van der Waals surface area (Å²) in [6.45, 7) is 0.581. The molecule has 138 valence electrons. The van der Waals surface area contributed by atoms with Crippen molar-refractivity contribution in [2.45, 2.75) is 12.8 Å². The lowest BCUT2D eigenvalue weighted by atomic mass is 10.3. The number of nitrogens with one attached hydrogen (secondary N) is 3. The highest BCUT2D eigenvalue weighted by atomic mass is 19.2. The third kappa shape index (κ3) is 3.38. The predicted molar refractivity (Wildman–Crippen MR) is 92.6 cm³/mol. The topological polar surface area (TPSA) is 117 Å². The normalized spacial score (nSPS) is 11.2. The van der Waals surface area contributed by atoms with Crippen LogP contribution < -0.4 is 11.0 Å². The first kappa shape index (κ1) is 16.8. The van der Waals surface area contributed by atoms with E-state index >= 15 is 0 Å². The number of rotatable bonds is 6. The summed E-state index contributed by atoms with van der Waals surface area (Å²) in [7, 11) is 0. The van der Waals surface area contributed by atoms with Crippen molar-refractivity contribution in [2.24, 2.45) is 0 Å². The van der Waals surface area contributed by atoms with Crippen LogP contribution in [0, 0.1) is 11.6 Å². The van der Waals surface area contributed by atoms with Crippen molar-refractivity contribution in [2.75, 3.05) is 11.9 Å². The molecule has 11 heteroatoms. The molecular weight excluding hydrogens is 358 g/mol. The standard InChI is InChI=1S/C16H14F2N8O/c17-11-4-3-9(6-12(11)18)26-15-10(7-22-26)14(20-8-21-15)19-5-1-2-13-23-16(27)25-24-13/h3-4,6-8H,1-2,5H2,(H,19,20,21)(H2,23,24,25,27). The Hall–Kier alpha value is -3.63. The molecule has 0 aliphatic heterocycles. The van der Waals surface area contributed by atoms with E-state index < -0.39 is 11.6 Å². The average molecular weight is 372 g/mol.